The molecule has 1 heterocycles. The first-order valence-electron chi connectivity index (χ1n) is 6.19. The third kappa shape index (κ3) is 2.22. The van der Waals surface area contributed by atoms with Crippen LogP contribution in [0.3, 0.4) is 0 Å². The van der Waals surface area contributed by atoms with Crippen molar-refractivity contribution in [3.8, 4) is 5.75 Å². The summed E-state index contributed by atoms with van der Waals surface area (Å²) in [5.41, 5.74) is 8.55. The van der Waals surface area contributed by atoms with Crippen molar-refractivity contribution >= 4 is 0 Å². The van der Waals surface area contributed by atoms with Gasteiger partial charge in [0.2, 0.25) is 0 Å². The van der Waals surface area contributed by atoms with Gasteiger partial charge in [-0.15, -0.1) is 0 Å². The summed E-state index contributed by atoms with van der Waals surface area (Å²) in [7, 11) is 0. The van der Waals surface area contributed by atoms with Gasteiger partial charge in [-0.2, -0.15) is 0 Å². The lowest BCUT2D eigenvalue weighted by molar-refractivity contribution is 0.316. The fraction of sp³-hybridized carbons (Fsp3) is 0.571. The summed E-state index contributed by atoms with van der Waals surface area (Å²) >= 11 is 0. The molecule has 0 fully saturated rings. The molecule has 2 rings (SSSR count). The van der Waals surface area contributed by atoms with Gasteiger partial charge in [0.05, 0.1) is 6.61 Å². The summed E-state index contributed by atoms with van der Waals surface area (Å²) in [6.45, 7) is 5.98. The predicted octanol–water partition coefficient (Wildman–Crippen LogP) is 3.02. The van der Waals surface area contributed by atoms with Crippen LogP contribution in [0.4, 0.5) is 0 Å². The first kappa shape index (κ1) is 11.5. The molecule has 0 bridgehead atoms. The molecular weight excluding hydrogens is 198 g/mol. The smallest absolute Gasteiger partial charge is 0.122 e. The SMILES string of the molecule is CC(C)c1ccc2c(c1)C(CN)CCCO2. The lowest BCUT2D eigenvalue weighted by atomic mass is 9.91. The topological polar surface area (TPSA) is 35.2 Å². The van der Waals surface area contributed by atoms with E-state index in [1.165, 1.54) is 11.1 Å². The largest absolute Gasteiger partial charge is 0.493 e. The maximum Gasteiger partial charge on any atom is 0.122 e. The zero-order valence-corrected chi connectivity index (χ0v) is 10.2. The summed E-state index contributed by atoms with van der Waals surface area (Å²) in [6, 6.07) is 6.56. The summed E-state index contributed by atoms with van der Waals surface area (Å²) in [4.78, 5) is 0. The zero-order chi connectivity index (χ0) is 11.5. The van der Waals surface area contributed by atoms with Gasteiger partial charge < -0.3 is 10.5 Å². The molecular formula is C14H21NO. The Morgan fingerprint density at radius 1 is 1.44 bits per heavy atom. The summed E-state index contributed by atoms with van der Waals surface area (Å²) in [5.74, 6) is 2.07. The minimum absolute atomic E-state index is 0.469. The normalized spacial score (nSPS) is 20.1. The molecule has 88 valence electrons. The second-order valence-electron chi connectivity index (χ2n) is 4.88. The summed E-state index contributed by atoms with van der Waals surface area (Å²) < 4.78 is 5.76. The van der Waals surface area contributed by atoms with Crippen LogP contribution in [0.5, 0.6) is 5.75 Å². The standard InChI is InChI=1S/C14H21NO/c1-10(2)11-5-6-14-13(8-11)12(9-15)4-3-7-16-14/h5-6,8,10,12H,3-4,7,9,15H2,1-2H3. The Bertz CT molecular complexity index is 360. The fourth-order valence-electron chi connectivity index (χ4n) is 2.29. The average Bonchev–Trinajstić information content (AvgIpc) is 2.49. The molecule has 0 saturated heterocycles. The van der Waals surface area contributed by atoms with Crippen molar-refractivity contribution in [3.63, 3.8) is 0 Å². The molecule has 1 unspecified atom stereocenters. The average molecular weight is 219 g/mol. The molecule has 0 spiro atoms. The molecule has 0 aromatic heterocycles. The van der Waals surface area contributed by atoms with E-state index in [0.717, 1.165) is 31.7 Å². The number of benzene rings is 1. The molecule has 1 aromatic carbocycles. The van der Waals surface area contributed by atoms with Crippen LogP contribution >= 0.6 is 0 Å². The van der Waals surface area contributed by atoms with Gasteiger partial charge in [0, 0.05) is 0 Å². The number of hydrogen-bond donors (Lipinski definition) is 1. The van der Waals surface area contributed by atoms with Crippen LogP contribution in [-0.4, -0.2) is 13.2 Å². The van der Waals surface area contributed by atoms with E-state index in [-0.39, 0.29) is 0 Å². The monoisotopic (exact) mass is 219 g/mol. The Balaban J connectivity index is 2.39. The molecule has 0 radical (unpaired) electrons. The molecule has 0 saturated carbocycles. The highest BCUT2D eigenvalue weighted by Crippen LogP contribution is 2.34. The van der Waals surface area contributed by atoms with Crippen LogP contribution in [0.15, 0.2) is 18.2 Å². The predicted molar refractivity (Wildman–Crippen MR) is 67.1 cm³/mol. The molecule has 2 heteroatoms. The van der Waals surface area contributed by atoms with Crippen molar-refractivity contribution in [2.45, 2.75) is 38.5 Å². The third-order valence-electron chi connectivity index (χ3n) is 3.38. The van der Waals surface area contributed by atoms with Crippen molar-refractivity contribution in [3.05, 3.63) is 29.3 Å². The van der Waals surface area contributed by atoms with Gasteiger partial charge in [-0.3, -0.25) is 0 Å². The van der Waals surface area contributed by atoms with Crippen molar-refractivity contribution in [1.82, 2.24) is 0 Å². The molecule has 16 heavy (non-hydrogen) atoms. The Hall–Kier alpha value is -1.02. The van der Waals surface area contributed by atoms with Crippen LogP contribution in [-0.2, 0) is 0 Å². The number of nitrogens with two attached hydrogens (primary N) is 1. The van der Waals surface area contributed by atoms with E-state index in [1.807, 2.05) is 0 Å². The Labute approximate surface area is 97.8 Å². The number of fused-ring (bicyclic) bond motifs is 1. The van der Waals surface area contributed by atoms with Crippen LogP contribution in [0.2, 0.25) is 0 Å². The van der Waals surface area contributed by atoms with E-state index >= 15 is 0 Å². The number of rotatable bonds is 2. The molecule has 1 aliphatic rings. The van der Waals surface area contributed by atoms with Crippen LogP contribution < -0.4 is 10.5 Å². The molecule has 1 atom stereocenters. The highest BCUT2D eigenvalue weighted by atomic mass is 16.5. The minimum Gasteiger partial charge on any atom is -0.493 e. The highest BCUT2D eigenvalue weighted by molar-refractivity contribution is 5.41. The molecule has 1 aliphatic heterocycles. The minimum atomic E-state index is 0.469. The Morgan fingerprint density at radius 2 is 2.25 bits per heavy atom. The van der Waals surface area contributed by atoms with Gasteiger partial charge in [-0.25, -0.2) is 0 Å². The number of hydrogen-bond acceptors (Lipinski definition) is 2. The first-order valence-corrected chi connectivity index (χ1v) is 6.19. The number of ether oxygens (including phenoxy) is 1. The molecule has 2 nitrogen and oxygen atoms in total. The zero-order valence-electron chi connectivity index (χ0n) is 10.2. The van der Waals surface area contributed by atoms with Crippen molar-refractivity contribution in [1.29, 1.82) is 0 Å². The van der Waals surface area contributed by atoms with Crippen LogP contribution in [0.1, 0.15) is 49.7 Å². The van der Waals surface area contributed by atoms with Gasteiger partial charge in [-0.1, -0.05) is 26.0 Å². The van der Waals surface area contributed by atoms with Gasteiger partial charge in [0.1, 0.15) is 5.75 Å². The van der Waals surface area contributed by atoms with E-state index < -0.39 is 0 Å². The van der Waals surface area contributed by atoms with E-state index in [0.29, 0.717) is 11.8 Å². The van der Waals surface area contributed by atoms with E-state index in [4.69, 9.17) is 10.5 Å². The van der Waals surface area contributed by atoms with Crippen molar-refractivity contribution in [2.75, 3.05) is 13.2 Å². The summed E-state index contributed by atoms with van der Waals surface area (Å²) in [5, 5.41) is 0. The van der Waals surface area contributed by atoms with Crippen LogP contribution in [0, 0.1) is 0 Å². The van der Waals surface area contributed by atoms with Crippen molar-refractivity contribution in [2.24, 2.45) is 5.73 Å². The van der Waals surface area contributed by atoms with E-state index in [9.17, 15) is 0 Å². The Kier molecular flexibility index (Phi) is 3.49. The quantitative estimate of drug-likeness (QED) is 0.829. The third-order valence-corrected chi connectivity index (χ3v) is 3.38. The van der Waals surface area contributed by atoms with E-state index in [1.54, 1.807) is 0 Å². The lowest BCUT2D eigenvalue weighted by Gasteiger charge is -2.17. The van der Waals surface area contributed by atoms with Gasteiger partial charge in [0.15, 0.2) is 0 Å². The maximum absolute atomic E-state index is 5.86. The van der Waals surface area contributed by atoms with Gasteiger partial charge in [-0.05, 0) is 48.4 Å². The fourth-order valence-corrected chi connectivity index (χ4v) is 2.29. The summed E-state index contributed by atoms with van der Waals surface area (Å²) in [6.07, 6.45) is 2.25. The van der Waals surface area contributed by atoms with Crippen molar-refractivity contribution < 1.29 is 4.74 Å². The van der Waals surface area contributed by atoms with Gasteiger partial charge >= 0.3 is 0 Å². The lowest BCUT2D eigenvalue weighted by Crippen LogP contribution is -2.12. The van der Waals surface area contributed by atoms with Gasteiger partial charge in [0.25, 0.3) is 0 Å². The molecule has 2 N–H and O–H groups in total. The highest BCUT2D eigenvalue weighted by Gasteiger charge is 2.19. The Morgan fingerprint density at radius 3 is 2.94 bits per heavy atom. The molecule has 1 aromatic rings. The molecule has 0 aliphatic carbocycles. The second-order valence-corrected chi connectivity index (χ2v) is 4.88. The van der Waals surface area contributed by atoms with E-state index in [2.05, 4.69) is 32.0 Å². The first-order chi connectivity index (χ1) is 7.72. The second kappa shape index (κ2) is 4.88. The molecule has 0 amide bonds. The maximum atomic E-state index is 5.86. The van der Waals surface area contributed by atoms with Crippen LogP contribution in [0.25, 0.3) is 0 Å².